The van der Waals surface area contributed by atoms with Gasteiger partial charge in [-0.15, -0.1) is 0 Å². The van der Waals surface area contributed by atoms with Crippen molar-refractivity contribution in [3.05, 3.63) is 121 Å². The van der Waals surface area contributed by atoms with Gasteiger partial charge in [0.05, 0.1) is 23.7 Å². The van der Waals surface area contributed by atoms with E-state index in [2.05, 4.69) is 15.3 Å². The molecule has 0 unspecified atom stereocenters. The van der Waals surface area contributed by atoms with Crippen molar-refractivity contribution in [1.29, 1.82) is 0 Å². The largest absolute Gasteiger partial charge is 0.359 e. The van der Waals surface area contributed by atoms with E-state index >= 15 is 4.39 Å². The van der Waals surface area contributed by atoms with Crippen LogP contribution >= 0.6 is 0 Å². The number of nitrogens with one attached hydrogen (secondary N) is 1. The first-order chi connectivity index (χ1) is 20.3. The van der Waals surface area contributed by atoms with Crippen LogP contribution in [0.3, 0.4) is 0 Å². The summed E-state index contributed by atoms with van der Waals surface area (Å²) in [6, 6.07) is 0.863. The van der Waals surface area contributed by atoms with Gasteiger partial charge in [-0.25, -0.2) is 31.7 Å². The van der Waals surface area contributed by atoms with Gasteiger partial charge in [0.1, 0.15) is 11.6 Å². The summed E-state index contributed by atoms with van der Waals surface area (Å²) in [5.41, 5.74) is 0.485. The average Bonchev–Trinajstić information content (AvgIpc) is 2.93. The van der Waals surface area contributed by atoms with E-state index in [0.29, 0.717) is 23.4 Å². The van der Waals surface area contributed by atoms with Crippen molar-refractivity contribution in [2.24, 2.45) is 4.99 Å². The van der Waals surface area contributed by atoms with Crippen LogP contribution in [0.4, 0.5) is 23.5 Å². The summed E-state index contributed by atoms with van der Waals surface area (Å²) in [5, 5.41) is 2.67. The molecule has 11 heteroatoms. The normalized spacial score (nSPS) is 16.7. The molecule has 1 aromatic heterocycles. The molecule has 1 aliphatic rings. The molecule has 0 radical (unpaired) electrons. The van der Waals surface area contributed by atoms with Crippen molar-refractivity contribution in [2.45, 2.75) is 67.5 Å². The lowest BCUT2D eigenvalue weighted by atomic mass is 10.0. The van der Waals surface area contributed by atoms with Gasteiger partial charge in [0.15, 0.2) is 11.6 Å². The van der Waals surface area contributed by atoms with Crippen LogP contribution in [0.1, 0.15) is 60.5 Å². The summed E-state index contributed by atoms with van der Waals surface area (Å²) in [7, 11) is 0. The van der Waals surface area contributed by atoms with Crippen molar-refractivity contribution in [3.8, 4) is 0 Å². The van der Waals surface area contributed by atoms with Crippen molar-refractivity contribution < 1.29 is 17.6 Å². The summed E-state index contributed by atoms with van der Waals surface area (Å²) < 4.78 is 59.3. The number of aromatic nitrogens is 3. The van der Waals surface area contributed by atoms with E-state index in [-0.39, 0.29) is 23.0 Å². The molecule has 1 N–H and O–H groups in total. The number of allylic oxidation sites excluding steroid dienone is 11. The third-order valence-corrected chi connectivity index (χ3v) is 6.52. The number of anilines is 1. The number of hydrogen-bond donors (Lipinski definition) is 1. The molecule has 0 bridgehead atoms. The maximum Gasteiger partial charge on any atom is 0.359 e. The molecular formula is C32H35F4N5O2. The number of aliphatic imine (C=N–C) groups is 1. The van der Waals surface area contributed by atoms with Gasteiger partial charge in [-0.3, -0.25) is 9.56 Å². The smallest absolute Gasteiger partial charge is 0.323 e. The Hall–Kier alpha value is -4.54. The molecule has 43 heavy (non-hydrogen) atoms. The molecule has 0 atom stereocenters. The van der Waals surface area contributed by atoms with Gasteiger partial charge in [0, 0.05) is 23.7 Å². The molecule has 2 aromatic rings. The number of halogens is 4. The topological polar surface area (TPSA) is 81.3 Å². The van der Waals surface area contributed by atoms with Crippen LogP contribution < -0.4 is 16.7 Å². The molecule has 0 fully saturated rings. The van der Waals surface area contributed by atoms with Crippen LogP contribution in [-0.2, 0) is 6.54 Å². The second-order valence-corrected chi connectivity index (χ2v) is 10.3. The van der Waals surface area contributed by atoms with Crippen LogP contribution in [0.2, 0.25) is 0 Å². The molecule has 1 heterocycles. The maximum atomic E-state index is 15.3. The third kappa shape index (κ3) is 7.85. The molecule has 0 spiro atoms. The Kier molecular flexibility index (Phi) is 10.8. The minimum Gasteiger partial charge on any atom is -0.323 e. The van der Waals surface area contributed by atoms with E-state index in [1.807, 2.05) is 33.8 Å². The minimum absolute atomic E-state index is 0.109. The summed E-state index contributed by atoms with van der Waals surface area (Å²) in [4.78, 5) is 35.6. The van der Waals surface area contributed by atoms with Gasteiger partial charge >= 0.3 is 11.4 Å². The standard InChI is InChI=1S/C32H35F4N5O2/c1-8-19(6)11-20(7)12-23(10-3)41-31(42)39-30(38-29-14-21(9-2)28(16-27(29)36)37-18(4)5)40(32(41)43)17-22-13-25(34)26(35)15-24(22)33/h9-16,18H,8,17H2,1-7H3,(H,38,39,42)/b19-11+,20-12-,21-9-,23-10+,37-28?. The number of hydrogen-bond acceptors (Lipinski definition) is 5. The SMILES string of the molecule is C/C=C1/C=C(Nc2nc(=O)n(C(/C=C(C)\C=C(/C)CC)=C/C)c(=O)n2Cc2cc(F)c(F)cc2F)C(F)=CC1=NC(C)C. The molecular weight excluding hydrogens is 562 g/mol. The fourth-order valence-corrected chi connectivity index (χ4v) is 4.27. The fourth-order valence-electron chi connectivity index (χ4n) is 4.27. The summed E-state index contributed by atoms with van der Waals surface area (Å²) in [6.45, 7) is 12.1. The zero-order chi connectivity index (χ0) is 32.0. The molecule has 3 rings (SSSR count). The lowest BCUT2D eigenvalue weighted by Gasteiger charge is -2.20. The van der Waals surface area contributed by atoms with Gasteiger partial charge in [-0.1, -0.05) is 30.7 Å². The number of nitrogens with zero attached hydrogens (tertiary/aromatic N) is 4. The lowest BCUT2D eigenvalue weighted by Crippen LogP contribution is -2.42. The van der Waals surface area contributed by atoms with Gasteiger partial charge < -0.3 is 5.32 Å². The molecule has 1 aliphatic carbocycles. The van der Waals surface area contributed by atoms with E-state index < -0.39 is 47.2 Å². The lowest BCUT2D eigenvalue weighted by molar-refractivity contribution is 0.487. The van der Waals surface area contributed by atoms with Crippen LogP contribution in [0.5, 0.6) is 0 Å². The average molecular weight is 598 g/mol. The van der Waals surface area contributed by atoms with Crippen LogP contribution in [0.25, 0.3) is 5.70 Å². The molecule has 1 aromatic carbocycles. The molecule has 0 aliphatic heterocycles. The highest BCUT2D eigenvalue weighted by Gasteiger charge is 2.22. The van der Waals surface area contributed by atoms with E-state index in [4.69, 9.17) is 0 Å². The Morgan fingerprint density at radius 1 is 1.02 bits per heavy atom. The Morgan fingerprint density at radius 2 is 1.70 bits per heavy atom. The first kappa shape index (κ1) is 33.0. The van der Waals surface area contributed by atoms with Gasteiger partial charge in [-0.2, -0.15) is 4.98 Å². The molecule has 228 valence electrons. The monoisotopic (exact) mass is 597 g/mol. The summed E-state index contributed by atoms with van der Waals surface area (Å²) >= 11 is 0. The zero-order valence-corrected chi connectivity index (χ0v) is 25.2. The number of rotatable bonds is 9. The summed E-state index contributed by atoms with van der Waals surface area (Å²) in [6.07, 6.45) is 10.2. The van der Waals surface area contributed by atoms with E-state index in [0.717, 1.165) is 26.7 Å². The second-order valence-electron chi connectivity index (χ2n) is 10.3. The Bertz CT molecular complexity index is 1750. The highest BCUT2D eigenvalue weighted by Crippen LogP contribution is 2.24. The second kappa shape index (κ2) is 14.1. The van der Waals surface area contributed by atoms with Crippen molar-refractivity contribution in [1.82, 2.24) is 14.1 Å². The van der Waals surface area contributed by atoms with Crippen LogP contribution in [0.15, 0.2) is 91.4 Å². The van der Waals surface area contributed by atoms with E-state index in [9.17, 15) is 22.8 Å². The highest BCUT2D eigenvalue weighted by atomic mass is 19.2. The first-order valence-corrected chi connectivity index (χ1v) is 13.8. The highest BCUT2D eigenvalue weighted by molar-refractivity contribution is 6.12. The first-order valence-electron chi connectivity index (χ1n) is 13.8. The predicted molar refractivity (Wildman–Crippen MR) is 163 cm³/mol. The van der Waals surface area contributed by atoms with Crippen molar-refractivity contribution in [2.75, 3.05) is 5.32 Å². The Balaban J connectivity index is 2.25. The summed E-state index contributed by atoms with van der Waals surface area (Å²) in [5.74, 6) is -5.03. The van der Waals surface area contributed by atoms with Gasteiger partial charge in [0.25, 0.3) is 0 Å². The number of benzene rings is 1. The molecule has 0 saturated heterocycles. The van der Waals surface area contributed by atoms with Crippen molar-refractivity contribution >= 4 is 17.4 Å². The zero-order valence-electron chi connectivity index (χ0n) is 25.2. The van der Waals surface area contributed by atoms with Crippen molar-refractivity contribution in [3.63, 3.8) is 0 Å². The van der Waals surface area contributed by atoms with Crippen LogP contribution in [-0.4, -0.2) is 25.9 Å². The fraction of sp³-hybridized carbons (Fsp3) is 0.312. The quantitative estimate of drug-likeness (QED) is 0.192. The van der Waals surface area contributed by atoms with Crippen LogP contribution in [0, 0.1) is 17.5 Å². The molecule has 7 nitrogen and oxygen atoms in total. The minimum atomic E-state index is -1.40. The molecule has 0 saturated carbocycles. The predicted octanol–water partition coefficient (Wildman–Crippen LogP) is 6.99. The van der Waals surface area contributed by atoms with Gasteiger partial charge in [-0.05, 0) is 77.3 Å². The van der Waals surface area contributed by atoms with E-state index in [1.165, 1.54) is 18.2 Å². The molecule has 0 amide bonds. The van der Waals surface area contributed by atoms with E-state index in [1.54, 1.807) is 32.9 Å². The Morgan fingerprint density at radius 3 is 2.30 bits per heavy atom. The Labute approximate surface area is 247 Å². The maximum absolute atomic E-state index is 15.3. The van der Waals surface area contributed by atoms with Gasteiger partial charge in [0.2, 0.25) is 5.95 Å². The third-order valence-electron chi connectivity index (χ3n) is 6.52.